The highest BCUT2D eigenvalue weighted by atomic mass is 32.2. The van der Waals surface area contributed by atoms with Gasteiger partial charge >= 0.3 is 0 Å². The molecule has 32 nitrogen and oxygen atoms in total. The highest BCUT2D eigenvalue weighted by Crippen LogP contribution is 2.37. The van der Waals surface area contributed by atoms with Crippen LogP contribution in [-0.4, -0.2) is 314 Å². The second kappa shape index (κ2) is 43.5. The molecule has 124 heavy (non-hydrogen) atoms. The molecule has 0 amide bonds. The minimum Gasteiger partial charge on any atom is -0.493 e. The molecule has 0 aliphatic carbocycles. The van der Waals surface area contributed by atoms with E-state index in [0.29, 0.717) is 120 Å². The van der Waals surface area contributed by atoms with Crippen LogP contribution in [0.25, 0.3) is 0 Å². The van der Waals surface area contributed by atoms with Crippen LogP contribution < -0.4 is 38.5 Å². The molecule has 0 spiro atoms. The van der Waals surface area contributed by atoms with E-state index in [4.69, 9.17) is 37.9 Å². The Bertz CT molecular complexity index is 4710. The fourth-order valence-electron chi connectivity index (χ4n) is 16.0. The Hall–Kier alpha value is -8.92. The van der Waals surface area contributed by atoms with Crippen LogP contribution >= 0.6 is 0 Å². The Balaban J connectivity index is 0.000000142. The van der Waals surface area contributed by atoms with Crippen LogP contribution in [-0.2, 0) is 83.5 Å². The number of aromatic nitrogens is 8. The van der Waals surface area contributed by atoms with E-state index in [1.807, 2.05) is 0 Å². The average Bonchev–Trinajstić information content (AvgIpc) is 1.56. The van der Waals surface area contributed by atoms with Gasteiger partial charge in [-0.2, -0.15) is 0 Å². The Morgan fingerprint density at radius 3 is 0.669 bits per heavy atom. The fraction of sp³-hybridized carbons (Fsp3) is 0.545. The van der Waals surface area contributed by atoms with Gasteiger partial charge in [-0.25, -0.2) is 74.2 Å². The molecule has 0 bridgehead atoms. The van der Waals surface area contributed by atoms with Gasteiger partial charge in [0.15, 0.2) is 0 Å². The predicted octanol–water partition coefficient (Wildman–Crippen LogP) is 9.59. The summed E-state index contributed by atoms with van der Waals surface area (Å²) in [7, 11) is -3.60. The van der Waals surface area contributed by atoms with Crippen LogP contribution in [0, 0.1) is 0 Å². The summed E-state index contributed by atoms with van der Waals surface area (Å²) < 4.78 is 111. The van der Waals surface area contributed by atoms with Crippen molar-refractivity contribution >= 4 is 62.7 Å². The first kappa shape index (κ1) is 92.7. The molecule has 0 saturated carbocycles. The maximum atomic E-state index is 12.7. The minimum atomic E-state index is -2.50. The van der Waals surface area contributed by atoms with Crippen LogP contribution in [0.1, 0.15) is 96.4 Å². The lowest BCUT2D eigenvalue weighted by Gasteiger charge is -2.38. The third-order valence-corrected chi connectivity index (χ3v) is 31.2. The number of methoxy groups -OCH3 is 4. The molecule has 4 aromatic heterocycles. The maximum Gasteiger partial charge on any atom is 0.225 e. The van der Waals surface area contributed by atoms with Crippen LogP contribution in [0.2, 0.25) is 0 Å². The molecule has 16 rings (SSSR count). The smallest absolute Gasteiger partial charge is 0.225 e. The van der Waals surface area contributed by atoms with Crippen LogP contribution in [0.3, 0.4) is 0 Å². The van der Waals surface area contributed by atoms with E-state index in [2.05, 4.69) is 197 Å². The lowest BCUT2D eigenvalue weighted by molar-refractivity contribution is 0.197. The number of ether oxygens (including phenoxy) is 8. The zero-order chi connectivity index (χ0) is 87.4. The summed E-state index contributed by atoms with van der Waals surface area (Å²) in [6.07, 6.45) is 23.6. The summed E-state index contributed by atoms with van der Waals surface area (Å²) in [5, 5.41) is 0. The zero-order valence-electron chi connectivity index (χ0n) is 74.0. The van der Waals surface area contributed by atoms with Crippen molar-refractivity contribution in [1.82, 2.24) is 59.5 Å². The molecule has 4 saturated heterocycles. The predicted molar refractivity (Wildman–Crippen MR) is 486 cm³/mol. The second-order valence-electron chi connectivity index (χ2n) is 32.1. The molecule has 8 atom stereocenters. The first-order valence-corrected chi connectivity index (χ1v) is 50.5. The minimum absolute atomic E-state index is 0.332. The highest BCUT2D eigenvalue weighted by molar-refractivity contribution is 7.93. The van der Waals surface area contributed by atoms with Crippen molar-refractivity contribution in [2.24, 2.45) is 17.5 Å². The molecule has 4 aromatic carbocycles. The van der Waals surface area contributed by atoms with E-state index < -0.39 is 38.9 Å². The number of piperazine rings is 4. The number of benzene rings is 4. The summed E-state index contributed by atoms with van der Waals surface area (Å²) in [4.78, 5) is 56.6. The number of hydrogen-bond donors (Lipinski definition) is 0. The maximum absolute atomic E-state index is 12.7. The number of rotatable bonds is 28. The molecular weight excluding hydrogens is 1660 g/mol. The summed E-state index contributed by atoms with van der Waals surface area (Å²) in [6, 6.07) is 27.8. The van der Waals surface area contributed by atoms with E-state index in [1.54, 1.807) is 103 Å². The van der Waals surface area contributed by atoms with Gasteiger partial charge in [0.2, 0.25) is 23.8 Å². The first-order chi connectivity index (χ1) is 59.9. The average molecular weight is 1780 g/mol. The lowest BCUT2D eigenvalue weighted by atomic mass is 10.0. The molecule has 12 heterocycles. The van der Waals surface area contributed by atoms with Gasteiger partial charge in [0.25, 0.3) is 0 Å². The molecule has 0 N–H and O–H groups in total. The molecule has 672 valence electrons. The second-order valence-corrected chi connectivity index (χ2v) is 41.5. The van der Waals surface area contributed by atoms with E-state index in [0.717, 1.165) is 180 Å². The van der Waals surface area contributed by atoms with Crippen LogP contribution in [0.5, 0.6) is 23.0 Å². The van der Waals surface area contributed by atoms with E-state index in [1.165, 1.54) is 44.5 Å². The van der Waals surface area contributed by atoms with Gasteiger partial charge in [0.05, 0.1) is 138 Å². The molecule has 8 aromatic rings. The van der Waals surface area contributed by atoms with Gasteiger partial charge in [0, 0.05) is 258 Å². The van der Waals surface area contributed by atoms with Gasteiger partial charge in [-0.1, -0.05) is 48.5 Å². The summed E-state index contributed by atoms with van der Waals surface area (Å²) in [5.41, 5.74) is 10.4. The number of anilines is 4. The van der Waals surface area contributed by atoms with Crippen molar-refractivity contribution in [1.29, 1.82) is 0 Å². The van der Waals surface area contributed by atoms with Gasteiger partial charge in [-0.15, -0.1) is 0 Å². The van der Waals surface area contributed by atoms with Crippen molar-refractivity contribution in [3.63, 3.8) is 0 Å². The molecule has 8 aliphatic heterocycles. The number of nitrogens with zero attached hydrogens (tertiary/aromatic N) is 20. The third-order valence-electron chi connectivity index (χ3n) is 24.1. The summed E-state index contributed by atoms with van der Waals surface area (Å²) >= 11 is 0. The summed E-state index contributed by atoms with van der Waals surface area (Å²) in [6.45, 7) is 29.8. The normalized spacial score (nSPS) is 19.4. The Morgan fingerprint density at radius 2 is 0.492 bits per heavy atom. The highest BCUT2D eigenvalue weighted by Gasteiger charge is 2.31. The number of hydrogen-bond acceptors (Lipinski definition) is 32. The Labute approximate surface area is 733 Å². The van der Waals surface area contributed by atoms with Crippen molar-refractivity contribution in [3.05, 3.63) is 167 Å². The van der Waals surface area contributed by atoms with Gasteiger partial charge in [-0.05, 0) is 96.5 Å². The van der Waals surface area contributed by atoms with Crippen LogP contribution in [0.15, 0.2) is 159 Å². The molecule has 0 radical (unpaired) electrons. The van der Waals surface area contributed by atoms with Gasteiger partial charge in [-0.3, -0.25) is 19.6 Å². The standard InChI is InChI=1S/4C22H31N5O3S/c4*1-17(19-5-4-18-6-12-30-21(18)14-19)26-8-10-27(11-9-26)22-23-15-20(16-24-22)31(3,28)25-7-13-29-2/h4*4-5,14-17H,6-13H2,1-3H3/t2*17-,31+;2*17-,31-/m1010/s1. The first-order valence-electron chi connectivity index (χ1n) is 42.9. The molecule has 8 aliphatic rings. The van der Waals surface area contributed by atoms with Gasteiger partial charge < -0.3 is 57.5 Å². The third kappa shape index (κ3) is 24.0. The molecule has 36 heteroatoms. The van der Waals surface area contributed by atoms with Gasteiger partial charge in [0.1, 0.15) is 23.0 Å². The Morgan fingerprint density at radius 1 is 0.306 bits per heavy atom. The Kier molecular flexibility index (Phi) is 32.5. The van der Waals surface area contributed by atoms with Crippen molar-refractivity contribution in [2.45, 2.75) is 97.1 Å². The quantitative estimate of drug-likeness (QED) is 0.0412. The zero-order valence-corrected chi connectivity index (χ0v) is 77.2. The van der Waals surface area contributed by atoms with E-state index in [-0.39, 0.29) is 0 Å². The topological polar surface area (TPSA) is 321 Å². The SMILES string of the molecule is COCCN=[S@@](C)(=O)c1cnc(N2CCN([C@@H](C)c3ccc4c(c3)OCC4)CC2)nc1.COCCN=[S@@](C)(=O)c1cnc(N2CCN([C@H](C)c3ccc4c(c3)OCC4)CC2)nc1.COCCN=[S@](C)(=O)c1cnc(N2CCN([C@@H](C)c3ccc4c(c3)OCC4)CC2)nc1.COCCN=[S@](C)(=O)c1cnc(N2CCN([C@H](C)c3ccc4c(c3)OCC4)CC2)nc1. The van der Waals surface area contributed by atoms with Crippen molar-refractivity contribution in [3.8, 4) is 23.0 Å². The lowest BCUT2D eigenvalue weighted by Crippen LogP contribution is -2.47. The van der Waals surface area contributed by atoms with Crippen molar-refractivity contribution < 1.29 is 54.7 Å². The summed E-state index contributed by atoms with van der Waals surface area (Å²) in [5.74, 6) is 6.86. The molecule has 0 unspecified atom stereocenters. The largest absolute Gasteiger partial charge is 0.493 e. The monoisotopic (exact) mass is 1780 g/mol. The van der Waals surface area contributed by atoms with E-state index in [9.17, 15) is 16.8 Å². The fourth-order valence-corrected chi connectivity index (χ4v) is 20.3. The number of fused-ring (bicyclic) bond motifs is 4. The van der Waals surface area contributed by atoms with Crippen molar-refractivity contribution in [2.75, 3.05) is 257 Å². The molecule has 4 fully saturated rings. The molecular formula is C88H124N20O12S4. The van der Waals surface area contributed by atoms with Crippen LogP contribution in [0.4, 0.5) is 23.8 Å². The van der Waals surface area contributed by atoms with E-state index >= 15 is 0 Å².